The van der Waals surface area contributed by atoms with Gasteiger partial charge < -0.3 is 15.0 Å². The number of hydrogen-bond donors (Lipinski definition) is 1. The molecule has 3 rings (SSSR count). The van der Waals surface area contributed by atoms with Gasteiger partial charge in [-0.25, -0.2) is 8.42 Å². The molecule has 0 bridgehead atoms. The molecule has 0 unspecified atom stereocenters. The van der Waals surface area contributed by atoms with E-state index in [1.54, 1.807) is 49.4 Å². The number of hydrogen-bond acceptors (Lipinski definition) is 5. The molecule has 196 valence electrons. The Hall–Kier alpha value is -3.85. The van der Waals surface area contributed by atoms with Gasteiger partial charge in [-0.15, -0.1) is 0 Å². The molecule has 0 spiro atoms. The Balaban J connectivity index is 2.09. The summed E-state index contributed by atoms with van der Waals surface area (Å²) in [6, 6.07) is 23.2. The zero-order valence-electron chi connectivity index (χ0n) is 21.3. The number of nitrogens with one attached hydrogen (secondary N) is 1. The molecule has 8 nitrogen and oxygen atoms in total. The van der Waals surface area contributed by atoms with Crippen LogP contribution < -0.4 is 14.4 Å². The molecule has 1 atom stereocenters. The molecule has 1 N–H and O–H groups in total. The van der Waals surface area contributed by atoms with Gasteiger partial charge in [0, 0.05) is 13.6 Å². The maximum Gasteiger partial charge on any atom is 0.264 e. The van der Waals surface area contributed by atoms with E-state index in [0.717, 1.165) is 9.87 Å². The predicted molar refractivity (Wildman–Crippen MR) is 144 cm³/mol. The van der Waals surface area contributed by atoms with Gasteiger partial charge >= 0.3 is 0 Å². The number of anilines is 1. The molecule has 0 heterocycles. The lowest BCUT2D eigenvalue weighted by Crippen LogP contribution is -2.51. The second-order valence-corrected chi connectivity index (χ2v) is 10.1. The SMILES string of the molecule is CCOc1ccccc1N(CC(=O)N(Cc1ccccc1)[C@@H](CC)C(=O)NC)S(=O)(=O)c1ccccc1. The number of sulfonamides is 1. The second kappa shape index (κ2) is 12.9. The average molecular weight is 524 g/mol. The van der Waals surface area contributed by atoms with Crippen LogP contribution in [0, 0.1) is 0 Å². The van der Waals surface area contributed by atoms with Crippen molar-refractivity contribution in [3.63, 3.8) is 0 Å². The molecule has 0 saturated heterocycles. The number of likely N-dealkylation sites (N-methyl/N-ethyl adjacent to an activating group) is 1. The topological polar surface area (TPSA) is 96.0 Å². The van der Waals surface area contributed by atoms with Gasteiger partial charge in [0.25, 0.3) is 10.0 Å². The first kappa shape index (κ1) is 27.7. The van der Waals surface area contributed by atoms with E-state index in [-0.39, 0.29) is 23.0 Å². The Morgan fingerprint density at radius 2 is 1.49 bits per heavy atom. The van der Waals surface area contributed by atoms with Crippen molar-refractivity contribution in [2.75, 3.05) is 24.5 Å². The van der Waals surface area contributed by atoms with Crippen molar-refractivity contribution >= 4 is 27.5 Å². The molecule has 9 heteroatoms. The molecule has 0 radical (unpaired) electrons. The lowest BCUT2D eigenvalue weighted by molar-refractivity contribution is -0.140. The van der Waals surface area contributed by atoms with Crippen molar-refractivity contribution in [1.82, 2.24) is 10.2 Å². The van der Waals surface area contributed by atoms with E-state index in [0.29, 0.717) is 18.8 Å². The van der Waals surface area contributed by atoms with Gasteiger partial charge in [-0.05, 0) is 43.2 Å². The Morgan fingerprint density at radius 3 is 2.08 bits per heavy atom. The lowest BCUT2D eigenvalue weighted by atomic mass is 10.1. The highest BCUT2D eigenvalue weighted by Crippen LogP contribution is 2.33. The van der Waals surface area contributed by atoms with E-state index in [9.17, 15) is 18.0 Å². The molecule has 0 aromatic heterocycles. The predicted octanol–water partition coefficient (Wildman–Crippen LogP) is 3.83. The first-order valence-electron chi connectivity index (χ1n) is 12.2. The van der Waals surface area contributed by atoms with E-state index in [4.69, 9.17) is 4.74 Å². The van der Waals surface area contributed by atoms with Gasteiger partial charge in [0.2, 0.25) is 11.8 Å². The first-order valence-corrected chi connectivity index (χ1v) is 13.6. The van der Waals surface area contributed by atoms with Crippen molar-refractivity contribution in [1.29, 1.82) is 0 Å². The molecule has 0 fully saturated rings. The number of rotatable bonds is 12. The second-order valence-electron chi connectivity index (χ2n) is 8.27. The van der Waals surface area contributed by atoms with Crippen LogP contribution in [0.15, 0.2) is 89.8 Å². The normalized spacial score (nSPS) is 11.9. The summed E-state index contributed by atoms with van der Waals surface area (Å²) in [5.74, 6) is -0.491. The maximum absolute atomic E-state index is 13.9. The third-order valence-corrected chi connectivity index (χ3v) is 7.65. The summed E-state index contributed by atoms with van der Waals surface area (Å²) in [5, 5.41) is 2.62. The first-order chi connectivity index (χ1) is 17.8. The number of nitrogens with zero attached hydrogens (tertiary/aromatic N) is 2. The largest absolute Gasteiger partial charge is 0.492 e. The standard InChI is InChI=1S/C28H33N3O5S/c1-4-24(28(33)29-3)30(20-22-14-8-6-9-15-22)27(32)21-31(25-18-12-13-19-26(25)36-5-2)37(34,35)23-16-10-7-11-17-23/h6-19,24H,4-5,20-21H2,1-3H3,(H,29,33)/t24-/m0/s1. The highest BCUT2D eigenvalue weighted by atomic mass is 32.2. The number of carbonyl (C=O) groups is 2. The van der Waals surface area contributed by atoms with Crippen LogP contribution in [0.1, 0.15) is 25.8 Å². The Morgan fingerprint density at radius 1 is 0.892 bits per heavy atom. The highest BCUT2D eigenvalue weighted by Gasteiger charge is 2.34. The summed E-state index contributed by atoms with van der Waals surface area (Å²) in [7, 11) is -2.63. The Labute approximate surface area is 218 Å². The summed E-state index contributed by atoms with van der Waals surface area (Å²) in [5.41, 5.74) is 1.07. The summed E-state index contributed by atoms with van der Waals surface area (Å²) in [6.07, 6.45) is 0.360. The smallest absolute Gasteiger partial charge is 0.264 e. The number of para-hydroxylation sites is 2. The lowest BCUT2D eigenvalue weighted by Gasteiger charge is -2.33. The quantitative estimate of drug-likeness (QED) is 0.389. The van der Waals surface area contributed by atoms with Gasteiger partial charge in [-0.2, -0.15) is 0 Å². The van der Waals surface area contributed by atoms with Gasteiger partial charge in [-0.1, -0.05) is 67.6 Å². The van der Waals surface area contributed by atoms with Crippen LogP contribution >= 0.6 is 0 Å². The number of benzene rings is 3. The van der Waals surface area contributed by atoms with Crippen LogP contribution in [0.3, 0.4) is 0 Å². The zero-order valence-corrected chi connectivity index (χ0v) is 22.1. The monoisotopic (exact) mass is 523 g/mol. The van der Waals surface area contributed by atoms with Gasteiger partial charge in [-0.3, -0.25) is 13.9 Å². The number of ether oxygens (including phenoxy) is 1. The van der Waals surface area contributed by atoms with Crippen LogP contribution in [0.4, 0.5) is 5.69 Å². The van der Waals surface area contributed by atoms with Crippen LogP contribution in [0.25, 0.3) is 0 Å². The fourth-order valence-electron chi connectivity index (χ4n) is 4.04. The molecule has 37 heavy (non-hydrogen) atoms. The zero-order chi connectivity index (χ0) is 26.8. The molecule has 3 aromatic carbocycles. The van der Waals surface area contributed by atoms with Gasteiger partial charge in [0.05, 0.1) is 17.2 Å². The molecule has 3 aromatic rings. The van der Waals surface area contributed by atoms with Crippen LogP contribution in [0.5, 0.6) is 5.75 Å². The Bertz CT molecular complexity index is 1280. The minimum absolute atomic E-state index is 0.0436. The minimum atomic E-state index is -4.15. The van der Waals surface area contributed by atoms with Crippen molar-refractivity contribution in [2.45, 2.75) is 37.8 Å². The summed E-state index contributed by atoms with van der Waals surface area (Å²) in [6.45, 7) is 3.57. The van der Waals surface area contributed by atoms with Gasteiger partial charge in [0.15, 0.2) is 0 Å². The van der Waals surface area contributed by atoms with Gasteiger partial charge in [0.1, 0.15) is 18.3 Å². The average Bonchev–Trinajstić information content (AvgIpc) is 2.93. The molecule has 0 aliphatic heterocycles. The summed E-state index contributed by atoms with van der Waals surface area (Å²) in [4.78, 5) is 28.1. The third kappa shape index (κ3) is 6.68. The highest BCUT2D eigenvalue weighted by molar-refractivity contribution is 7.92. The third-order valence-electron chi connectivity index (χ3n) is 5.87. The van der Waals surface area contributed by atoms with Crippen LogP contribution in [0.2, 0.25) is 0 Å². The van der Waals surface area contributed by atoms with Crippen molar-refractivity contribution < 1.29 is 22.7 Å². The van der Waals surface area contributed by atoms with Crippen LogP contribution in [-0.4, -0.2) is 51.4 Å². The number of amides is 2. The molecule has 0 aliphatic rings. The van der Waals surface area contributed by atoms with E-state index in [2.05, 4.69) is 5.32 Å². The van der Waals surface area contributed by atoms with Crippen molar-refractivity contribution in [3.8, 4) is 5.75 Å². The summed E-state index contributed by atoms with van der Waals surface area (Å²) >= 11 is 0. The summed E-state index contributed by atoms with van der Waals surface area (Å²) < 4.78 is 34.5. The molecule has 2 amide bonds. The Kier molecular flexibility index (Phi) is 9.68. The fraction of sp³-hybridized carbons (Fsp3) is 0.286. The van der Waals surface area contributed by atoms with Crippen molar-refractivity contribution in [2.24, 2.45) is 0 Å². The van der Waals surface area contributed by atoms with E-state index in [1.807, 2.05) is 37.3 Å². The van der Waals surface area contributed by atoms with E-state index in [1.165, 1.54) is 24.1 Å². The van der Waals surface area contributed by atoms with Crippen LogP contribution in [-0.2, 0) is 26.2 Å². The van der Waals surface area contributed by atoms with E-state index >= 15 is 0 Å². The maximum atomic E-state index is 13.9. The molecular formula is C28H33N3O5S. The number of carbonyl (C=O) groups excluding carboxylic acids is 2. The molecular weight excluding hydrogens is 490 g/mol. The molecule has 0 aliphatic carbocycles. The molecule has 0 saturated carbocycles. The fourth-order valence-corrected chi connectivity index (χ4v) is 5.49. The van der Waals surface area contributed by atoms with E-state index < -0.39 is 28.5 Å². The van der Waals surface area contributed by atoms with Crippen molar-refractivity contribution in [3.05, 3.63) is 90.5 Å². The minimum Gasteiger partial charge on any atom is -0.492 e.